The van der Waals surface area contributed by atoms with Gasteiger partial charge in [-0.15, -0.1) is 0 Å². The standard InChI is InChI=1S/C21H27BrN4O4/c1-12-18(27)24-23-17-9-29-16-7-14(22)13(6-15(16)26(12)17)8-21(5)10-25(11-21)19(28)30-20(2,3)4/h6-7,12H,8-11H2,1-5H3,(H,24,27)/t12-/m1/s1. The summed E-state index contributed by atoms with van der Waals surface area (Å²) in [6.45, 7) is 11.2. The van der Waals surface area contributed by atoms with Crippen LogP contribution in [0.5, 0.6) is 5.75 Å². The number of fused-ring (bicyclic) bond motifs is 3. The molecule has 0 radical (unpaired) electrons. The first-order chi connectivity index (χ1) is 14.0. The summed E-state index contributed by atoms with van der Waals surface area (Å²) in [5.74, 6) is 1.27. The molecule has 1 saturated heterocycles. The summed E-state index contributed by atoms with van der Waals surface area (Å²) in [5.41, 5.74) is 3.94. The second-order valence-corrected chi connectivity index (χ2v) is 10.4. The highest BCUT2D eigenvalue weighted by molar-refractivity contribution is 9.10. The van der Waals surface area contributed by atoms with Crippen LogP contribution in [0.3, 0.4) is 0 Å². The lowest BCUT2D eigenvalue weighted by Crippen LogP contribution is -2.58. The minimum Gasteiger partial charge on any atom is -0.483 e. The summed E-state index contributed by atoms with van der Waals surface area (Å²) >= 11 is 3.67. The van der Waals surface area contributed by atoms with Crippen molar-refractivity contribution in [3.63, 3.8) is 0 Å². The van der Waals surface area contributed by atoms with Crippen molar-refractivity contribution in [3.05, 3.63) is 22.2 Å². The summed E-state index contributed by atoms with van der Waals surface area (Å²) in [6.07, 6.45) is 0.507. The molecule has 0 spiro atoms. The Bertz CT molecular complexity index is 934. The molecule has 0 bridgehead atoms. The van der Waals surface area contributed by atoms with Crippen LogP contribution in [0.4, 0.5) is 10.5 Å². The van der Waals surface area contributed by atoms with Crippen LogP contribution < -0.4 is 15.1 Å². The van der Waals surface area contributed by atoms with E-state index in [2.05, 4.69) is 39.4 Å². The molecule has 9 heteroatoms. The van der Waals surface area contributed by atoms with Crippen LogP contribution in [0.2, 0.25) is 0 Å². The monoisotopic (exact) mass is 478 g/mol. The average molecular weight is 479 g/mol. The molecule has 3 heterocycles. The lowest BCUT2D eigenvalue weighted by molar-refractivity contribution is -0.122. The number of amides is 2. The van der Waals surface area contributed by atoms with Crippen molar-refractivity contribution >= 4 is 39.5 Å². The molecule has 1 aromatic carbocycles. The molecular weight excluding hydrogens is 452 g/mol. The van der Waals surface area contributed by atoms with Crippen molar-refractivity contribution in [3.8, 4) is 5.75 Å². The first-order valence-electron chi connectivity index (χ1n) is 10.0. The number of anilines is 1. The molecule has 0 unspecified atom stereocenters. The summed E-state index contributed by atoms with van der Waals surface area (Å²) < 4.78 is 12.3. The highest BCUT2D eigenvalue weighted by Gasteiger charge is 2.44. The largest absolute Gasteiger partial charge is 0.483 e. The van der Waals surface area contributed by atoms with Gasteiger partial charge in [-0.1, -0.05) is 22.9 Å². The lowest BCUT2D eigenvalue weighted by atomic mass is 9.77. The number of likely N-dealkylation sites (tertiary alicyclic amines) is 1. The highest BCUT2D eigenvalue weighted by Crippen LogP contribution is 2.42. The van der Waals surface area contributed by atoms with Gasteiger partial charge in [0.05, 0.1) is 5.69 Å². The molecule has 3 aliphatic heterocycles. The maximum Gasteiger partial charge on any atom is 0.410 e. The van der Waals surface area contributed by atoms with Gasteiger partial charge >= 0.3 is 6.09 Å². The van der Waals surface area contributed by atoms with Crippen LogP contribution in [-0.2, 0) is 16.0 Å². The topological polar surface area (TPSA) is 83.5 Å². The second-order valence-electron chi connectivity index (χ2n) is 9.57. The van der Waals surface area contributed by atoms with Gasteiger partial charge in [-0.25, -0.2) is 10.2 Å². The van der Waals surface area contributed by atoms with Gasteiger partial charge in [0, 0.05) is 23.0 Å². The van der Waals surface area contributed by atoms with Gasteiger partial charge in [-0.05, 0) is 51.8 Å². The predicted molar refractivity (Wildman–Crippen MR) is 117 cm³/mol. The number of hydrogen-bond donors (Lipinski definition) is 1. The molecule has 162 valence electrons. The second kappa shape index (κ2) is 7.14. The molecule has 0 saturated carbocycles. The van der Waals surface area contributed by atoms with Gasteiger partial charge in [0.25, 0.3) is 5.91 Å². The zero-order valence-electron chi connectivity index (χ0n) is 17.9. The lowest BCUT2D eigenvalue weighted by Gasteiger charge is -2.48. The third kappa shape index (κ3) is 3.87. The molecule has 0 aromatic heterocycles. The van der Waals surface area contributed by atoms with E-state index in [0.717, 1.165) is 27.9 Å². The van der Waals surface area contributed by atoms with Crippen LogP contribution >= 0.6 is 15.9 Å². The van der Waals surface area contributed by atoms with E-state index in [0.29, 0.717) is 25.5 Å². The number of ether oxygens (including phenoxy) is 2. The smallest absolute Gasteiger partial charge is 0.410 e. The first-order valence-corrected chi connectivity index (χ1v) is 10.8. The average Bonchev–Trinajstić information content (AvgIpc) is 2.61. The van der Waals surface area contributed by atoms with Crippen molar-refractivity contribution in [1.29, 1.82) is 0 Å². The van der Waals surface area contributed by atoms with Crippen molar-refractivity contribution in [2.75, 3.05) is 24.6 Å². The number of hydrazone groups is 1. The number of amidine groups is 1. The minimum atomic E-state index is -0.499. The quantitative estimate of drug-likeness (QED) is 0.704. The Kier molecular flexibility index (Phi) is 4.99. The molecule has 2 amide bonds. The van der Waals surface area contributed by atoms with Gasteiger partial charge in [0.2, 0.25) is 0 Å². The van der Waals surface area contributed by atoms with E-state index >= 15 is 0 Å². The van der Waals surface area contributed by atoms with Gasteiger partial charge in [-0.3, -0.25) is 4.79 Å². The van der Waals surface area contributed by atoms with E-state index in [1.807, 2.05) is 38.7 Å². The molecule has 30 heavy (non-hydrogen) atoms. The van der Waals surface area contributed by atoms with Crippen LogP contribution in [0.1, 0.15) is 40.2 Å². The molecule has 1 fully saturated rings. The van der Waals surface area contributed by atoms with E-state index in [4.69, 9.17) is 9.47 Å². The number of nitrogens with zero attached hydrogens (tertiary/aromatic N) is 3. The van der Waals surface area contributed by atoms with Gasteiger partial charge in [0.1, 0.15) is 24.0 Å². The normalized spacial score (nSPS) is 22.1. The summed E-state index contributed by atoms with van der Waals surface area (Å²) in [7, 11) is 0. The molecule has 1 aromatic rings. The third-order valence-corrected chi connectivity index (χ3v) is 6.24. The molecule has 1 atom stereocenters. The summed E-state index contributed by atoms with van der Waals surface area (Å²) in [4.78, 5) is 28.1. The summed E-state index contributed by atoms with van der Waals surface area (Å²) in [6, 6.07) is 3.65. The fourth-order valence-electron chi connectivity index (χ4n) is 4.13. The Labute approximate surface area is 184 Å². The molecule has 3 aliphatic rings. The van der Waals surface area contributed by atoms with E-state index in [-0.39, 0.29) is 23.5 Å². The number of carbonyl (C=O) groups excluding carboxylic acids is 2. The maximum atomic E-state index is 12.3. The number of rotatable bonds is 2. The van der Waals surface area contributed by atoms with Crippen molar-refractivity contribution in [2.45, 2.75) is 52.7 Å². The zero-order valence-corrected chi connectivity index (χ0v) is 19.5. The van der Waals surface area contributed by atoms with Crippen molar-refractivity contribution < 1.29 is 19.1 Å². The van der Waals surface area contributed by atoms with Crippen LogP contribution in [0.15, 0.2) is 21.7 Å². The van der Waals surface area contributed by atoms with E-state index in [9.17, 15) is 9.59 Å². The molecule has 1 N–H and O–H groups in total. The molecule has 4 rings (SSSR count). The van der Waals surface area contributed by atoms with Crippen molar-refractivity contribution in [1.82, 2.24) is 10.3 Å². The Balaban J connectivity index is 1.53. The van der Waals surface area contributed by atoms with Gasteiger partial charge in [0.15, 0.2) is 5.84 Å². The van der Waals surface area contributed by atoms with E-state index in [1.165, 1.54) is 0 Å². The Hall–Kier alpha value is -2.29. The fraction of sp³-hybridized carbons (Fsp3) is 0.571. The molecular formula is C21H27BrN4O4. The predicted octanol–water partition coefficient (Wildman–Crippen LogP) is 3.28. The third-order valence-electron chi connectivity index (χ3n) is 5.50. The van der Waals surface area contributed by atoms with Crippen molar-refractivity contribution in [2.24, 2.45) is 10.5 Å². The first kappa shape index (κ1) is 21.0. The summed E-state index contributed by atoms with van der Waals surface area (Å²) in [5, 5.41) is 4.14. The van der Waals surface area contributed by atoms with Gasteiger partial charge in [-0.2, -0.15) is 5.10 Å². The molecule has 0 aliphatic carbocycles. The Morgan fingerprint density at radius 3 is 2.77 bits per heavy atom. The van der Waals surface area contributed by atoms with Crippen LogP contribution in [0.25, 0.3) is 0 Å². The number of hydrogen-bond acceptors (Lipinski definition) is 6. The van der Waals surface area contributed by atoms with Gasteiger partial charge < -0.3 is 19.3 Å². The minimum absolute atomic E-state index is 0.0506. The fourth-order valence-corrected chi connectivity index (χ4v) is 4.59. The number of carbonyl (C=O) groups is 2. The number of halogens is 1. The zero-order chi connectivity index (χ0) is 21.8. The Morgan fingerprint density at radius 1 is 1.40 bits per heavy atom. The van der Waals surface area contributed by atoms with Crippen LogP contribution in [-0.4, -0.2) is 54.1 Å². The molecule has 8 nitrogen and oxygen atoms in total. The van der Waals surface area contributed by atoms with E-state index < -0.39 is 5.60 Å². The number of benzene rings is 1. The van der Waals surface area contributed by atoms with E-state index in [1.54, 1.807) is 4.90 Å². The highest BCUT2D eigenvalue weighted by atomic mass is 79.9. The Morgan fingerprint density at radius 2 is 2.10 bits per heavy atom. The number of nitrogens with one attached hydrogen (secondary N) is 1. The maximum absolute atomic E-state index is 12.3. The van der Waals surface area contributed by atoms with Crippen LogP contribution in [0, 0.1) is 5.41 Å². The SMILES string of the molecule is C[C@@H]1C(=O)NN=C2COc3cc(Br)c(CC4(C)CN(C(=O)OC(C)(C)C)C4)cc3N21.